The monoisotopic (exact) mass is 289 g/mol. The molecule has 2 heterocycles. The van der Waals surface area contributed by atoms with Crippen LogP contribution in [-0.4, -0.2) is 43.5 Å². The lowest BCUT2D eigenvalue weighted by Crippen LogP contribution is -2.43. The number of carbonyl (C=O) groups is 1. The maximum absolute atomic E-state index is 10.9. The van der Waals surface area contributed by atoms with Crippen molar-refractivity contribution in [1.82, 2.24) is 10.2 Å². The minimum Gasteiger partial charge on any atom is -0.370 e. The van der Waals surface area contributed by atoms with Gasteiger partial charge in [-0.3, -0.25) is 4.79 Å². The summed E-state index contributed by atoms with van der Waals surface area (Å²) < 4.78 is 0. The lowest BCUT2D eigenvalue weighted by atomic mass is 9.86. The molecule has 2 rings (SSSR count). The third kappa shape index (κ3) is 5.28. The number of nitrogens with zero attached hydrogens (tertiary/aromatic N) is 1. The number of halogens is 1. The maximum Gasteiger partial charge on any atom is 0.217 e. The van der Waals surface area contributed by atoms with Gasteiger partial charge in [0.1, 0.15) is 0 Å². The Morgan fingerprint density at radius 2 is 2.32 bits per heavy atom. The van der Waals surface area contributed by atoms with E-state index in [1.807, 2.05) is 0 Å². The molecule has 3 N–H and O–H groups in total. The van der Waals surface area contributed by atoms with Gasteiger partial charge < -0.3 is 16.0 Å². The number of hydrogen-bond acceptors (Lipinski definition) is 3. The fourth-order valence-electron chi connectivity index (χ4n) is 3.42. The van der Waals surface area contributed by atoms with Gasteiger partial charge >= 0.3 is 0 Å². The van der Waals surface area contributed by atoms with Gasteiger partial charge in [0.15, 0.2) is 0 Å². The van der Waals surface area contributed by atoms with Gasteiger partial charge in [0.05, 0.1) is 0 Å². The Morgan fingerprint density at radius 3 is 2.95 bits per heavy atom. The van der Waals surface area contributed by atoms with Gasteiger partial charge in [0, 0.05) is 26.1 Å². The van der Waals surface area contributed by atoms with E-state index in [9.17, 15) is 4.79 Å². The zero-order valence-corrected chi connectivity index (χ0v) is 12.8. The maximum atomic E-state index is 10.9. The lowest BCUT2D eigenvalue weighted by Gasteiger charge is -2.37. The number of nitrogens with two attached hydrogens (primary N) is 1. The van der Waals surface area contributed by atoms with Crippen LogP contribution in [0.4, 0.5) is 0 Å². The van der Waals surface area contributed by atoms with Crippen molar-refractivity contribution in [3.8, 4) is 0 Å². The van der Waals surface area contributed by atoms with Crippen molar-refractivity contribution < 1.29 is 4.79 Å². The van der Waals surface area contributed by atoms with Crippen LogP contribution in [0.1, 0.15) is 39.0 Å². The van der Waals surface area contributed by atoms with Crippen LogP contribution in [0, 0.1) is 11.3 Å². The zero-order valence-electron chi connectivity index (χ0n) is 12.0. The fraction of sp³-hybridized carbons (Fsp3) is 0.929. The number of amides is 1. The molecule has 112 valence electrons. The van der Waals surface area contributed by atoms with E-state index < -0.39 is 0 Å². The van der Waals surface area contributed by atoms with Crippen LogP contribution in [-0.2, 0) is 4.79 Å². The van der Waals surface area contributed by atoms with Crippen LogP contribution in [0.15, 0.2) is 0 Å². The normalized spacial score (nSPS) is 31.9. The topological polar surface area (TPSA) is 58.4 Å². The van der Waals surface area contributed by atoms with Gasteiger partial charge in [-0.2, -0.15) is 0 Å². The second-order valence-corrected chi connectivity index (χ2v) is 6.49. The smallest absolute Gasteiger partial charge is 0.217 e. The second-order valence-electron chi connectivity index (χ2n) is 6.49. The average Bonchev–Trinajstić information content (AvgIpc) is 2.73. The summed E-state index contributed by atoms with van der Waals surface area (Å²) in [7, 11) is 0. The molecule has 4 nitrogen and oxygen atoms in total. The summed E-state index contributed by atoms with van der Waals surface area (Å²) >= 11 is 0. The molecule has 0 radical (unpaired) electrons. The van der Waals surface area contributed by atoms with Gasteiger partial charge in [-0.1, -0.05) is 6.92 Å². The highest BCUT2D eigenvalue weighted by Crippen LogP contribution is 2.29. The molecule has 2 saturated heterocycles. The molecular weight excluding hydrogens is 262 g/mol. The largest absolute Gasteiger partial charge is 0.370 e. The molecule has 0 saturated carbocycles. The number of rotatable bonds is 5. The average molecular weight is 290 g/mol. The van der Waals surface area contributed by atoms with Crippen molar-refractivity contribution in [2.75, 3.05) is 32.7 Å². The minimum atomic E-state index is -0.154. The van der Waals surface area contributed by atoms with Crippen LogP contribution < -0.4 is 11.1 Å². The second kappa shape index (κ2) is 7.46. The SMILES string of the molecule is CC1(CN2CCCC(CCC(N)=O)C2)CCNC1.Cl. The van der Waals surface area contributed by atoms with E-state index in [1.165, 1.54) is 32.4 Å². The molecule has 2 aliphatic rings. The van der Waals surface area contributed by atoms with Crippen molar-refractivity contribution in [1.29, 1.82) is 0 Å². The summed E-state index contributed by atoms with van der Waals surface area (Å²) in [5, 5.41) is 3.47. The van der Waals surface area contributed by atoms with Crippen LogP contribution in [0.5, 0.6) is 0 Å². The van der Waals surface area contributed by atoms with Crippen LogP contribution in [0.3, 0.4) is 0 Å². The van der Waals surface area contributed by atoms with E-state index in [4.69, 9.17) is 5.73 Å². The van der Waals surface area contributed by atoms with Crippen LogP contribution in [0.25, 0.3) is 0 Å². The number of carbonyl (C=O) groups excluding carboxylic acids is 1. The molecule has 1 amide bonds. The number of hydrogen-bond donors (Lipinski definition) is 2. The molecule has 0 aromatic carbocycles. The van der Waals surface area contributed by atoms with Crippen molar-refractivity contribution >= 4 is 18.3 Å². The molecule has 2 atom stereocenters. The molecule has 0 aromatic rings. The fourth-order valence-corrected chi connectivity index (χ4v) is 3.42. The Balaban J connectivity index is 0.00000180. The number of nitrogens with one attached hydrogen (secondary N) is 1. The van der Waals surface area contributed by atoms with Crippen LogP contribution in [0.2, 0.25) is 0 Å². The Kier molecular flexibility index (Phi) is 6.57. The highest BCUT2D eigenvalue weighted by molar-refractivity contribution is 5.85. The lowest BCUT2D eigenvalue weighted by molar-refractivity contribution is -0.118. The minimum absolute atomic E-state index is 0. The first kappa shape index (κ1) is 16.7. The highest BCUT2D eigenvalue weighted by Gasteiger charge is 2.32. The highest BCUT2D eigenvalue weighted by atomic mass is 35.5. The molecular formula is C14H28ClN3O. The van der Waals surface area contributed by atoms with Crippen molar-refractivity contribution in [2.45, 2.75) is 39.0 Å². The molecule has 2 fully saturated rings. The summed E-state index contributed by atoms with van der Waals surface area (Å²) in [6.07, 6.45) is 5.35. The zero-order chi connectivity index (χ0) is 13.0. The first-order valence-electron chi connectivity index (χ1n) is 7.29. The Bertz CT molecular complexity index is 292. The predicted molar refractivity (Wildman–Crippen MR) is 80.4 cm³/mol. The molecule has 0 bridgehead atoms. The van der Waals surface area contributed by atoms with Gasteiger partial charge in [0.25, 0.3) is 0 Å². The quantitative estimate of drug-likeness (QED) is 0.804. The summed E-state index contributed by atoms with van der Waals surface area (Å²) in [6, 6.07) is 0. The molecule has 5 heteroatoms. The molecule has 19 heavy (non-hydrogen) atoms. The molecule has 2 unspecified atom stereocenters. The Labute approximate surface area is 122 Å². The third-order valence-corrected chi connectivity index (χ3v) is 4.46. The summed E-state index contributed by atoms with van der Waals surface area (Å²) in [4.78, 5) is 13.5. The summed E-state index contributed by atoms with van der Waals surface area (Å²) in [5.41, 5.74) is 5.69. The van der Waals surface area contributed by atoms with E-state index in [1.54, 1.807) is 0 Å². The molecule has 0 aromatic heterocycles. The van der Waals surface area contributed by atoms with Gasteiger partial charge in [-0.15, -0.1) is 12.4 Å². The van der Waals surface area contributed by atoms with Gasteiger partial charge in [-0.05, 0) is 50.1 Å². The van der Waals surface area contributed by atoms with Crippen LogP contribution >= 0.6 is 12.4 Å². The Morgan fingerprint density at radius 1 is 1.53 bits per heavy atom. The van der Waals surface area contributed by atoms with E-state index in [2.05, 4.69) is 17.1 Å². The number of primary amides is 1. The summed E-state index contributed by atoms with van der Waals surface area (Å²) in [6.45, 7) is 8.28. The number of piperidine rings is 1. The molecule has 2 aliphatic heterocycles. The Hall–Kier alpha value is -0.320. The van der Waals surface area contributed by atoms with Crippen molar-refractivity contribution in [3.05, 3.63) is 0 Å². The van der Waals surface area contributed by atoms with Crippen molar-refractivity contribution in [2.24, 2.45) is 17.1 Å². The van der Waals surface area contributed by atoms with Gasteiger partial charge in [0.2, 0.25) is 5.91 Å². The summed E-state index contributed by atoms with van der Waals surface area (Å²) in [5.74, 6) is 0.517. The first-order chi connectivity index (χ1) is 8.57. The van der Waals surface area contributed by atoms with Crippen molar-refractivity contribution in [3.63, 3.8) is 0 Å². The molecule has 0 spiro atoms. The van der Waals surface area contributed by atoms with E-state index >= 15 is 0 Å². The van der Waals surface area contributed by atoms with E-state index in [-0.39, 0.29) is 18.3 Å². The van der Waals surface area contributed by atoms with Gasteiger partial charge in [-0.25, -0.2) is 0 Å². The first-order valence-corrected chi connectivity index (χ1v) is 7.29. The number of likely N-dealkylation sites (tertiary alicyclic amines) is 1. The molecule has 0 aliphatic carbocycles. The predicted octanol–water partition coefficient (Wildman–Crippen LogP) is 1.39. The van der Waals surface area contributed by atoms with E-state index in [0.29, 0.717) is 17.8 Å². The third-order valence-electron chi connectivity index (χ3n) is 4.46. The van der Waals surface area contributed by atoms with E-state index in [0.717, 1.165) is 26.1 Å². The standard InChI is InChI=1S/C14H27N3O.ClH/c1-14(6-7-16-10-14)11-17-8-2-3-12(9-17)4-5-13(15)18;/h12,16H,2-11H2,1H3,(H2,15,18);1H.